The molecule has 0 saturated heterocycles. The van der Waals surface area contributed by atoms with E-state index in [1.165, 1.54) is 22.5 Å². The van der Waals surface area contributed by atoms with Gasteiger partial charge in [-0.3, -0.25) is 0 Å². The zero-order valence-corrected chi connectivity index (χ0v) is 12.0. The Bertz CT molecular complexity index is 570. The van der Waals surface area contributed by atoms with Gasteiger partial charge in [0.15, 0.2) is 0 Å². The van der Waals surface area contributed by atoms with Crippen LogP contribution in [-0.2, 0) is 16.6 Å². The minimum absolute atomic E-state index is 0.0231. The Morgan fingerprint density at radius 3 is 2.63 bits per heavy atom. The van der Waals surface area contributed by atoms with E-state index < -0.39 is 15.8 Å². The molecular weight excluding hydrogens is 267 g/mol. The van der Waals surface area contributed by atoms with E-state index in [1.54, 1.807) is 7.05 Å². The van der Waals surface area contributed by atoms with Crippen molar-refractivity contribution in [2.75, 3.05) is 7.05 Å². The van der Waals surface area contributed by atoms with Crippen molar-refractivity contribution < 1.29 is 12.8 Å². The molecule has 1 aliphatic rings. The molecular formula is C13H19FN2O2S. The monoisotopic (exact) mass is 286 g/mol. The molecule has 0 aliphatic heterocycles. The van der Waals surface area contributed by atoms with Gasteiger partial charge in [-0.15, -0.1) is 0 Å². The van der Waals surface area contributed by atoms with Gasteiger partial charge in [0, 0.05) is 25.2 Å². The van der Waals surface area contributed by atoms with Gasteiger partial charge in [0.1, 0.15) is 5.82 Å². The largest absolute Gasteiger partial charge is 0.326 e. The van der Waals surface area contributed by atoms with Gasteiger partial charge >= 0.3 is 0 Å². The van der Waals surface area contributed by atoms with E-state index in [2.05, 4.69) is 0 Å². The summed E-state index contributed by atoms with van der Waals surface area (Å²) in [7, 11) is -2.15. The predicted octanol–water partition coefficient (Wildman–Crippen LogP) is 1.70. The molecule has 0 amide bonds. The van der Waals surface area contributed by atoms with Crippen LogP contribution in [0.4, 0.5) is 4.39 Å². The molecule has 0 spiro atoms. The van der Waals surface area contributed by atoms with Crippen molar-refractivity contribution >= 4 is 10.0 Å². The number of nitrogens with two attached hydrogens (primary N) is 1. The molecule has 2 N–H and O–H groups in total. The van der Waals surface area contributed by atoms with E-state index in [4.69, 9.17) is 5.73 Å². The highest BCUT2D eigenvalue weighted by Crippen LogP contribution is 2.36. The van der Waals surface area contributed by atoms with Crippen molar-refractivity contribution in [3.8, 4) is 0 Å². The van der Waals surface area contributed by atoms with Gasteiger partial charge in [0.05, 0.1) is 4.90 Å². The van der Waals surface area contributed by atoms with Crippen LogP contribution in [-0.4, -0.2) is 25.8 Å². The molecule has 1 aromatic carbocycles. The summed E-state index contributed by atoms with van der Waals surface area (Å²) < 4.78 is 40.1. The van der Waals surface area contributed by atoms with Crippen LogP contribution < -0.4 is 5.73 Å². The number of hydrogen-bond acceptors (Lipinski definition) is 3. The SMILES string of the molecule is CC(C1CC1)N(C)S(=O)(=O)c1cccc(F)c1CN. The number of hydrogen-bond donors (Lipinski definition) is 1. The molecule has 19 heavy (non-hydrogen) atoms. The van der Waals surface area contributed by atoms with Gasteiger partial charge in [-0.1, -0.05) is 6.07 Å². The highest BCUT2D eigenvalue weighted by Gasteiger charge is 2.36. The second-order valence-corrected chi connectivity index (χ2v) is 6.99. The van der Waals surface area contributed by atoms with E-state index in [-0.39, 0.29) is 23.0 Å². The van der Waals surface area contributed by atoms with Crippen molar-refractivity contribution in [2.45, 2.75) is 37.2 Å². The zero-order valence-electron chi connectivity index (χ0n) is 11.1. The van der Waals surface area contributed by atoms with E-state index >= 15 is 0 Å². The lowest BCUT2D eigenvalue weighted by atomic mass is 10.2. The normalized spacial score (nSPS) is 17.7. The fourth-order valence-electron chi connectivity index (χ4n) is 2.23. The Hall–Kier alpha value is -0.980. The molecule has 1 aliphatic carbocycles. The minimum atomic E-state index is -3.70. The van der Waals surface area contributed by atoms with Crippen LogP contribution in [0.15, 0.2) is 23.1 Å². The summed E-state index contributed by atoms with van der Waals surface area (Å²) in [4.78, 5) is -0.0231. The lowest BCUT2D eigenvalue weighted by molar-refractivity contribution is 0.356. The summed E-state index contributed by atoms with van der Waals surface area (Å²) in [6.45, 7) is 1.75. The van der Waals surface area contributed by atoms with Gasteiger partial charge in [0.2, 0.25) is 10.0 Å². The van der Waals surface area contributed by atoms with Crippen molar-refractivity contribution in [3.05, 3.63) is 29.6 Å². The van der Waals surface area contributed by atoms with Crippen LogP contribution in [0.25, 0.3) is 0 Å². The Labute approximate surface area is 113 Å². The number of nitrogens with zero attached hydrogens (tertiary/aromatic N) is 1. The van der Waals surface area contributed by atoms with Gasteiger partial charge in [-0.2, -0.15) is 4.31 Å². The summed E-state index contributed by atoms with van der Waals surface area (Å²) in [6.07, 6.45) is 2.10. The van der Waals surface area contributed by atoms with Gasteiger partial charge in [-0.05, 0) is 37.8 Å². The first-order valence-corrected chi connectivity index (χ1v) is 7.79. The summed E-state index contributed by atoms with van der Waals surface area (Å²) in [5.74, 6) is -0.161. The maximum atomic E-state index is 13.7. The highest BCUT2D eigenvalue weighted by atomic mass is 32.2. The van der Waals surface area contributed by atoms with Crippen LogP contribution in [0.5, 0.6) is 0 Å². The van der Waals surface area contributed by atoms with E-state index in [0.29, 0.717) is 5.92 Å². The molecule has 2 rings (SSSR count). The summed E-state index contributed by atoms with van der Waals surface area (Å²) in [6, 6.07) is 3.97. The lowest BCUT2D eigenvalue weighted by Gasteiger charge is -2.25. The third-order valence-electron chi connectivity index (χ3n) is 3.81. The van der Waals surface area contributed by atoms with Gasteiger partial charge in [0.25, 0.3) is 0 Å². The molecule has 1 atom stereocenters. The standard InChI is InChI=1S/C13H19FN2O2S/c1-9(10-6-7-10)16(2)19(17,18)13-5-3-4-12(14)11(13)8-15/h3-5,9-10H,6-8,15H2,1-2H3. The van der Waals surface area contributed by atoms with E-state index in [9.17, 15) is 12.8 Å². The van der Waals surface area contributed by atoms with E-state index in [1.807, 2.05) is 6.92 Å². The number of rotatable bonds is 5. The molecule has 1 saturated carbocycles. The molecule has 1 unspecified atom stereocenters. The highest BCUT2D eigenvalue weighted by molar-refractivity contribution is 7.89. The average Bonchev–Trinajstić information content (AvgIpc) is 3.20. The molecule has 0 radical (unpaired) electrons. The molecule has 1 aromatic rings. The predicted molar refractivity (Wildman–Crippen MR) is 71.4 cm³/mol. The van der Waals surface area contributed by atoms with Gasteiger partial charge < -0.3 is 5.73 Å². The first-order chi connectivity index (χ1) is 8.89. The topological polar surface area (TPSA) is 63.4 Å². The third kappa shape index (κ3) is 2.66. The second-order valence-electron chi connectivity index (χ2n) is 5.02. The fourth-order valence-corrected chi connectivity index (χ4v) is 3.89. The average molecular weight is 286 g/mol. The number of benzene rings is 1. The number of halogens is 1. The Morgan fingerprint density at radius 2 is 2.11 bits per heavy atom. The van der Waals surface area contributed by atoms with Crippen LogP contribution in [0.3, 0.4) is 0 Å². The summed E-state index contributed by atoms with van der Waals surface area (Å²) in [5.41, 5.74) is 5.53. The Balaban J connectivity index is 2.41. The molecule has 4 nitrogen and oxygen atoms in total. The third-order valence-corrected chi connectivity index (χ3v) is 5.84. The van der Waals surface area contributed by atoms with Crippen LogP contribution in [0, 0.1) is 11.7 Å². The second kappa shape index (κ2) is 5.19. The van der Waals surface area contributed by atoms with Crippen LogP contribution in [0.2, 0.25) is 0 Å². The lowest BCUT2D eigenvalue weighted by Crippen LogP contribution is -2.37. The molecule has 0 heterocycles. The fraction of sp³-hybridized carbons (Fsp3) is 0.538. The maximum Gasteiger partial charge on any atom is 0.243 e. The molecule has 106 valence electrons. The van der Waals surface area contributed by atoms with Crippen molar-refractivity contribution in [3.63, 3.8) is 0 Å². The minimum Gasteiger partial charge on any atom is -0.326 e. The number of sulfonamides is 1. The Kier molecular flexibility index (Phi) is 3.94. The zero-order chi connectivity index (χ0) is 14.2. The van der Waals surface area contributed by atoms with Crippen LogP contribution in [0.1, 0.15) is 25.3 Å². The molecule has 0 bridgehead atoms. The van der Waals surface area contributed by atoms with Crippen molar-refractivity contribution in [1.29, 1.82) is 0 Å². The first-order valence-electron chi connectivity index (χ1n) is 6.35. The molecule has 0 aromatic heterocycles. The molecule has 6 heteroatoms. The quantitative estimate of drug-likeness (QED) is 0.896. The van der Waals surface area contributed by atoms with Crippen LogP contribution >= 0.6 is 0 Å². The maximum absolute atomic E-state index is 13.7. The Morgan fingerprint density at radius 1 is 1.47 bits per heavy atom. The smallest absolute Gasteiger partial charge is 0.243 e. The summed E-state index contributed by atoms with van der Waals surface area (Å²) >= 11 is 0. The van der Waals surface area contributed by atoms with Crippen molar-refractivity contribution in [2.24, 2.45) is 11.7 Å². The van der Waals surface area contributed by atoms with Gasteiger partial charge in [-0.25, -0.2) is 12.8 Å². The molecule has 1 fully saturated rings. The first kappa shape index (κ1) is 14.4. The van der Waals surface area contributed by atoms with E-state index in [0.717, 1.165) is 12.8 Å². The van der Waals surface area contributed by atoms with Crippen molar-refractivity contribution in [1.82, 2.24) is 4.31 Å². The summed E-state index contributed by atoms with van der Waals surface area (Å²) in [5, 5.41) is 0.